The molecule has 0 radical (unpaired) electrons. The van der Waals surface area contributed by atoms with E-state index >= 15 is 0 Å². The first-order valence-corrected chi connectivity index (χ1v) is 10.7. The van der Waals surface area contributed by atoms with E-state index in [4.69, 9.17) is 0 Å². The second kappa shape index (κ2) is 7.79. The fourth-order valence-corrected chi connectivity index (χ4v) is 5.46. The molecule has 2 aliphatic heterocycles. The Labute approximate surface area is 159 Å². The number of benzene rings is 1. The first kappa shape index (κ1) is 17.5. The van der Waals surface area contributed by atoms with Crippen molar-refractivity contribution in [1.82, 2.24) is 9.80 Å². The minimum Gasteiger partial charge on any atom is -0.342 e. The number of carbonyl (C=O) groups excluding carboxylic acids is 1. The van der Waals surface area contributed by atoms with Gasteiger partial charge in [-0.25, -0.2) is 0 Å². The van der Waals surface area contributed by atoms with Gasteiger partial charge in [0.2, 0.25) is 5.91 Å². The number of carbonyl (C=O) groups is 1. The van der Waals surface area contributed by atoms with Crippen molar-refractivity contribution in [3.05, 3.63) is 34.3 Å². The standard InChI is InChI=1S/C21H29BrN2O/c22-20-8-4-3-7-19(20)13-23-11-9-16(10-12-23)21(25)24-14-17-5-1-2-6-18(17)15-24/h3-4,7-8,16-18H,1-2,5-6,9-15H2. The average molecular weight is 405 g/mol. The van der Waals surface area contributed by atoms with Gasteiger partial charge in [-0.2, -0.15) is 0 Å². The van der Waals surface area contributed by atoms with Crippen LogP contribution in [0.4, 0.5) is 0 Å². The fraction of sp³-hybridized carbons (Fsp3) is 0.667. The highest BCUT2D eigenvalue weighted by Gasteiger charge is 2.38. The molecule has 0 aromatic heterocycles. The second-order valence-corrected chi connectivity index (χ2v) is 9.04. The van der Waals surface area contributed by atoms with Gasteiger partial charge in [-0.05, 0) is 62.2 Å². The van der Waals surface area contributed by atoms with Crippen LogP contribution in [-0.4, -0.2) is 41.9 Å². The van der Waals surface area contributed by atoms with Gasteiger partial charge in [-0.3, -0.25) is 9.69 Å². The molecule has 1 amide bonds. The van der Waals surface area contributed by atoms with Crippen LogP contribution in [0, 0.1) is 17.8 Å². The lowest BCUT2D eigenvalue weighted by Gasteiger charge is -2.33. The molecule has 25 heavy (non-hydrogen) atoms. The third-order valence-electron chi connectivity index (χ3n) is 6.58. The van der Waals surface area contributed by atoms with E-state index < -0.39 is 0 Å². The normalized spacial score (nSPS) is 28.1. The Morgan fingerprint density at radius 3 is 2.28 bits per heavy atom. The number of hydrogen-bond donors (Lipinski definition) is 0. The Bertz CT molecular complexity index is 598. The molecule has 3 nitrogen and oxygen atoms in total. The maximum atomic E-state index is 13.0. The molecule has 0 bridgehead atoms. The molecular formula is C21H29BrN2O. The lowest BCUT2D eigenvalue weighted by Crippen LogP contribution is -2.41. The predicted molar refractivity (Wildman–Crippen MR) is 104 cm³/mol. The van der Waals surface area contributed by atoms with Crippen molar-refractivity contribution >= 4 is 21.8 Å². The van der Waals surface area contributed by atoms with Gasteiger partial charge in [-0.1, -0.05) is 47.0 Å². The van der Waals surface area contributed by atoms with E-state index in [0.717, 1.165) is 57.4 Å². The van der Waals surface area contributed by atoms with Crippen LogP contribution in [0.2, 0.25) is 0 Å². The summed E-state index contributed by atoms with van der Waals surface area (Å²) in [5.41, 5.74) is 1.34. The van der Waals surface area contributed by atoms with E-state index in [9.17, 15) is 4.79 Å². The summed E-state index contributed by atoms with van der Waals surface area (Å²) in [5, 5.41) is 0. The smallest absolute Gasteiger partial charge is 0.225 e. The number of piperidine rings is 1. The summed E-state index contributed by atoms with van der Waals surface area (Å²) in [6.07, 6.45) is 7.48. The molecule has 2 heterocycles. The first-order chi connectivity index (χ1) is 12.2. The minimum atomic E-state index is 0.260. The molecule has 0 N–H and O–H groups in total. The number of hydrogen-bond acceptors (Lipinski definition) is 2. The lowest BCUT2D eigenvalue weighted by molar-refractivity contribution is -0.136. The summed E-state index contributed by atoms with van der Waals surface area (Å²) in [5.74, 6) is 2.31. The average Bonchev–Trinajstić information content (AvgIpc) is 3.08. The van der Waals surface area contributed by atoms with E-state index in [-0.39, 0.29) is 5.92 Å². The Balaban J connectivity index is 1.28. The van der Waals surface area contributed by atoms with Crippen molar-refractivity contribution in [3.63, 3.8) is 0 Å². The number of nitrogens with zero attached hydrogens (tertiary/aromatic N) is 2. The topological polar surface area (TPSA) is 23.6 Å². The van der Waals surface area contributed by atoms with Gasteiger partial charge in [0.1, 0.15) is 0 Å². The maximum Gasteiger partial charge on any atom is 0.225 e. The summed E-state index contributed by atoms with van der Waals surface area (Å²) in [6.45, 7) is 5.15. The molecular weight excluding hydrogens is 376 g/mol. The van der Waals surface area contributed by atoms with Crippen LogP contribution in [0.25, 0.3) is 0 Å². The lowest BCUT2D eigenvalue weighted by atomic mass is 9.82. The van der Waals surface area contributed by atoms with Crippen LogP contribution in [0.15, 0.2) is 28.7 Å². The molecule has 2 saturated heterocycles. The van der Waals surface area contributed by atoms with Crippen molar-refractivity contribution in [2.24, 2.45) is 17.8 Å². The first-order valence-electron chi connectivity index (χ1n) is 9.95. The third-order valence-corrected chi connectivity index (χ3v) is 7.35. The van der Waals surface area contributed by atoms with Gasteiger partial charge in [-0.15, -0.1) is 0 Å². The van der Waals surface area contributed by atoms with Crippen molar-refractivity contribution in [1.29, 1.82) is 0 Å². The van der Waals surface area contributed by atoms with E-state index in [1.807, 2.05) is 0 Å². The third kappa shape index (κ3) is 3.95. The molecule has 3 fully saturated rings. The summed E-state index contributed by atoms with van der Waals surface area (Å²) in [7, 11) is 0. The van der Waals surface area contributed by atoms with E-state index in [1.54, 1.807) is 0 Å². The zero-order chi connectivity index (χ0) is 17.2. The zero-order valence-electron chi connectivity index (χ0n) is 15.0. The van der Waals surface area contributed by atoms with Crippen LogP contribution in [0.3, 0.4) is 0 Å². The van der Waals surface area contributed by atoms with Crippen molar-refractivity contribution < 1.29 is 4.79 Å². The summed E-state index contributed by atoms with van der Waals surface area (Å²) in [4.78, 5) is 17.7. The Morgan fingerprint density at radius 1 is 1.00 bits per heavy atom. The van der Waals surface area contributed by atoms with Crippen LogP contribution in [0.5, 0.6) is 0 Å². The van der Waals surface area contributed by atoms with E-state index in [2.05, 4.69) is 50.0 Å². The van der Waals surface area contributed by atoms with Crippen molar-refractivity contribution in [3.8, 4) is 0 Å². The van der Waals surface area contributed by atoms with Gasteiger partial charge in [0.15, 0.2) is 0 Å². The van der Waals surface area contributed by atoms with E-state index in [1.165, 1.54) is 35.7 Å². The van der Waals surface area contributed by atoms with Crippen molar-refractivity contribution in [2.45, 2.75) is 45.1 Å². The number of amides is 1. The molecule has 4 rings (SSSR count). The monoisotopic (exact) mass is 404 g/mol. The largest absolute Gasteiger partial charge is 0.342 e. The van der Waals surface area contributed by atoms with Gasteiger partial charge >= 0.3 is 0 Å². The Morgan fingerprint density at radius 2 is 1.64 bits per heavy atom. The predicted octanol–water partition coefficient (Wildman–Crippen LogP) is 4.31. The van der Waals surface area contributed by atoms with Crippen LogP contribution >= 0.6 is 15.9 Å². The Kier molecular flexibility index (Phi) is 5.47. The summed E-state index contributed by atoms with van der Waals surface area (Å²) >= 11 is 3.65. The summed E-state index contributed by atoms with van der Waals surface area (Å²) in [6, 6.07) is 8.46. The second-order valence-electron chi connectivity index (χ2n) is 8.19. The highest BCUT2D eigenvalue weighted by atomic mass is 79.9. The zero-order valence-corrected chi connectivity index (χ0v) is 16.6. The molecule has 136 valence electrons. The molecule has 2 unspecified atom stereocenters. The van der Waals surface area contributed by atoms with Gasteiger partial charge < -0.3 is 4.90 Å². The molecule has 0 spiro atoms. The maximum absolute atomic E-state index is 13.0. The molecule has 1 saturated carbocycles. The quantitative estimate of drug-likeness (QED) is 0.748. The number of rotatable bonds is 3. The van der Waals surface area contributed by atoms with Crippen LogP contribution in [-0.2, 0) is 11.3 Å². The van der Waals surface area contributed by atoms with E-state index in [0.29, 0.717) is 5.91 Å². The van der Waals surface area contributed by atoms with Gasteiger partial charge in [0, 0.05) is 30.0 Å². The summed E-state index contributed by atoms with van der Waals surface area (Å²) < 4.78 is 1.19. The molecule has 1 aromatic carbocycles. The van der Waals surface area contributed by atoms with Crippen LogP contribution < -0.4 is 0 Å². The Hall–Kier alpha value is -0.870. The molecule has 1 aliphatic carbocycles. The molecule has 3 aliphatic rings. The fourth-order valence-electron chi connectivity index (χ4n) is 5.05. The van der Waals surface area contributed by atoms with Gasteiger partial charge in [0.05, 0.1) is 0 Å². The van der Waals surface area contributed by atoms with Gasteiger partial charge in [0.25, 0.3) is 0 Å². The molecule has 1 aromatic rings. The van der Waals surface area contributed by atoms with Crippen molar-refractivity contribution in [2.75, 3.05) is 26.2 Å². The highest BCUT2D eigenvalue weighted by molar-refractivity contribution is 9.10. The SMILES string of the molecule is O=C(C1CCN(Cc2ccccc2Br)CC1)N1CC2CCCCC2C1. The number of halogens is 1. The highest BCUT2D eigenvalue weighted by Crippen LogP contribution is 2.37. The molecule has 2 atom stereocenters. The molecule has 4 heteroatoms. The van der Waals surface area contributed by atoms with Crippen LogP contribution in [0.1, 0.15) is 44.1 Å². The minimum absolute atomic E-state index is 0.260. The number of likely N-dealkylation sites (tertiary alicyclic amines) is 2. The number of fused-ring (bicyclic) bond motifs is 1.